The molecule has 3 aromatic rings. The fourth-order valence-corrected chi connectivity index (χ4v) is 2.69. The van der Waals surface area contributed by atoms with Gasteiger partial charge in [-0.2, -0.15) is 0 Å². The van der Waals surface area contributed by atoms with Crippen molar-refractivity contribution in [2.75, 3.05) is 5.73 Å². The molecule has 0 fully saturated rings. The zero-order valence-electron chi connectivity index (χ0n) is 11.7. The van der Waals surface area contributed by atoms with Crippen LogP contribution in [0, 0.1) is 0 Å². The molecule has 0 spiro atoms. The number of hydrogen-bond acceptors (Lipinski definition) is 6. The Morgan fingerprint density at radius 1 is 1.36 bits per heavy atom. The zero-order chi connectivity index (χ0) is 15.7. The zero-order valence-corrected chi connectivity index (χ0v) is 12.5. The largest absolute Gasteiger partial charge is 0.375 e. The standard InChI is InChI=1S/C14H13N5O2S/c1-7(10-6-22-14(15)18-10)16-13(21)11-17-9-5-3-2-4-8(9)12(20)19-11/h2-7H,1H3,(H2,15,18)(H,16,21)(H,17,19,20). The van der Waals surface area contributed by atoms with E-state index in [1.54, 1.807) is 36.6 Å². The molecule has 0 aliphatic rings. The van der Waals surface area contributed by atoms with Crippen molar-refractivity contribution in [1.29, 1.82) is 0 Å². The second-order valence-corrected chi connectivity index (χ2v) is 5.63. The van der Waals surface area contributed by atoms with E-state index in [0.717, 1.165) is 0 Å². The predicted molar refractivity (Wildman–Crippen MR) is 84.8 cm³/mol. The number of nitrogens with zero attached hydrogens (tertiary/aromatic N) is 2. The summed E-state index contributed by atoms with van der Waals surface area (Å²) < 4.78 is 0. The maximum Gasteiger partial charge on any atom is 0.287 e. The number of aromatic nitrogens is 3. The number of aromatic amines is 1. The first kappa shape index (κ1) is 14.2. The average molecular weight is 315 g/mol. The molecule has 3 rings (SSSR count). The minimum atomic E-state index is -0.470. The Bertz CT molecular complexity index is 901. The van der Waals surface area contributed by atoms with Crippen LogP contribution in [0.25, 0.3) is 10.9 Å². The molecular formula is C14H13N5O2S. The van der Waals surface area contributed by atoms with E-state index in [1.165, 1.54) is 11.3 Å². The van der Waals surface area contributed by atoms with Crippen LogP contribution in [0.5, 0.6) is 0 Å². The molecule has 7 nitrogen and oxygen atoms in total. The van der Waals surface area contributed by atoms with Crippen molar-refractivity contribution < 1.29 is 4.79 Å². The maximum absolute atomic E-state index is 12.2. The van der Waals surface area contributed by atoms with Crippen molar-refractivity contribution in [3.63, 3.8) is 0 Å². The Hall–Kier alpha value is -2.74. The molecule has 0 aliphatic carbocycles. The van der Waals surface area contributed by atoms with Gasteiger partial charge in [-0.1, -0.05) is 12.1 Å². The summed E-state index contributed by atoms with van der Waals surface area (Å²) in [5.41, 5.74) is 6.37. The molecule has 0 bridgehead atoms. The van der Waals surface area contributed by atoms with Crippen molar-refractivity contribution >= 4 is 33.3 Å². The van der Waals surface area contributed by atoms with Gasteiger partial charge in [0.25, 0.3) is 11.5 Å². The van der Waals surface area contributed by atoms with Gasteiger partial charge in [-0.25, -0.2) is 9.97 Å². The average Bonchev–Trinajstić information content (AvgIpc) is 2.94. The molecule has 2 aromatic heterocycles. The third kappa shape index (κ3) is 2.68. The van der Waals surface area contributed by atoms with Crippen molar-refractivity contribution in [2.45, 2.75) is 13.0 Å². The molecule has 0 saturated carbocycles. The minimum absolute atomic E-state index is 0.0289. The number of H-pyrrole nitrogens is 1. The lowest BCUT2D eigenvalue weighted by Crippen LogP contribution is -2.30. The maximum atomic E-state index is 12.2. The van der Waals surface area contributed by atoms with Crippen LogP contribution in [0.1, 0.15) is 29.3 Å². The number of anilines is 1. The summed E-state index contributed by atoms with van der Waals surface area (Å²) in [6, 6.07) is 6.51. The molecule has 4 N–H and O–H groups in total. The highest BCUT2D eigenvalue weighted by Crippen LogP contribution is 2.18. The lowest BCUT2D eigenvalue weighted by Gasteiger charge is -2.11. The Kier molecular flexibility index (Phi) is 3.60. The molecule has 2 heterocycles. The molecular weight excluding hydrogens is 302 g/mol. The van der Waals surface area contributed by atoms with Gasteiger partial charge in [0.2, 0.25) is 0 Å². The van der Waals surface area contributed by atoms with E-state index >= 15 is 0 Å². The van der Waals surface area contributed by atoms with Crippen LogP contribution in [0.2, 0.25) is 0 Å². The van der Waals surface area contributed by atoms with Crippen molar-refractivity contribution in [3.05, 3.63) is 51.5 Å². The Balaban J connectivity index is 1.87. The number of thiazole rings is 1. The molecule has 0 saturated heterocycles. The highest BCUT2D eigenvalue weighted by Gasteiger charge is 2.16. The van der Waals surface area contributed by atoms with E-state index in [1.807, 2.05) is 0 Å². The van der Waals surface area contributed by atoms with Gasteiger partial charge in [-0.3, -0.25) is 9.59 Å². The second-order valence-electron chi connectivity index (χ2n) is 4.74. The highest BCUT2D eigenvalue weighted by molar-refractivity contribution is 7.13. The Morgan fingerprint density at radius 3 is 2.86 bits per heavy atom. The molecule has 22 heavy (non-hydrogen) atoms. The third-order valence-corrected chi connectivity index (χ3v) is 3.85. The lowest BCUT2D eigenvalue weighted by atomic mass is 10.2. The van der Waals surface area contributed by atoms with E-state index in [9.17, 15) is 9.59 Å². The summed E-state index contributed by atoms with van der Waals surface area (Å²) in [6.45, 7) is 1.78. The third-order valence-electron chi connectivity index (χ3n) is 3.16. The van der Waals surface area contributed by atoms with Gasteiger partial charge in [-0.05, 0) is 19.1 Å². The van der Waals surface area contributed by atoms with Gasteiger partial charge in [0.15, 0.2) is 11.0 Å². The number of nitrogens with two attached hydrogens (primary N) is 1. The van der Waals surface area contributed by atoms with Crippen LogP contribution in [0.4, 0.5) is 5.13 Å². The molecule has 1 unspecified atom stereocenters. The van der Waals surface area contributed by atoms with Crippen molar-refractivity contribution in [2.24, 2.45) is 0 Å². The molecule has 112 valence electrons. The number of para-hydroxylation sites is 1. The van der Waals surface area contributed by atoms with Gasteiger partial charge in [0.05, 0.1) is 22.6 Å². The van der Waals surface area contributed by atoms with Crippen LogP contribution < -0.4 is 16.6 Å². The van der Waals surface area contributed by atoms with Gasteiger partial charge in [0, 0.05) is 5.38 Å². The molecule has 1 amide bonds. The number of rotatable bonds is 3. The van der Waals surface area contributed by atoms with Crippen LogP contribution in [-0.4, -0.2) is 20.9 Å². The van der Waals surface area contributed by atoms with Crippen LogP contribution in [-0.2, 0) is 0 Å². The highest BCUT2D eigenvalue weighted by atomic mass is 32.1. The van der Waals surface area contributed by atoms with Crippen LogP contribution in [0.3, 0.4) is 0 Å². The quantitative estimate of drug-likeness (QED) is 0.677. The van der Waals surface area contributed by atoms with Crippen molar-refractivity contribution in [1.82, 2.24) is 20.3 Å². The second kappa shape index (κ2) is 5.57. The topological polar surface area (TPSA) is 114 Å². The number of amides is 1. The lowest BCUT2D eigenvalue weighted by molar-refractivity contribution is 0.0929. The number of carbonyl (C=O) groups excluding carboxylic acids is 1. The van der Waals surface area contributed by atoms with Gasteiger partial charge in [0.1, 0.15) is 0 Å². The number of hydrogen-bond donors (Lipinski definition) is 3. The number of fused-ring (bicyclic) bond motifs is 1. The molecule has 1 aromatic carbocycles. The number of carbonyl (C=O) groups is 1. The minimum Gasteiger partial charge on any atom is -0.375 e. The van der Waals surface area contributed by atoms with E-state index in [2.05, 4.69) is 20.3 Å². The Morgan fingerprint density at radius 2 is 2.14 bits per heavy atom. The summed E-state index contributed by atoms with van der Waals surface area (Å²) in [5.74, 6) is -0.499. The number of nitrogen functional groups attached to an aromatic ring is 1. The monoisotopic (exact) mass is 315 g/mol. The normalized spacial score (nSPS) is 12.2. The summed E-state index contributed by atoms with van der Waals surface area (Å²) in [4.78, 5) is 35.0. The molecule has 0 aliphatic heterocycles. The molecule has 8 heteroatoms. The first-order valence-corrected chi connectivity index (χ1v) is 7.43. The molecule has 1 atom stereocenters. The number of nitrogens with one attached hydrogen (secondary N) is 2. The van der Waals surface area contributed by atoms with E-state index in [0.29, 0.717) is 21.7 Å². The van der Waals surface area contributed by atoms with E-state index < -0.39 is 5.91 Å². The van der Waals surface area contributed by atoms with Crippen LogP contribution >= 0.6 is 11.3 Å². The Labute approximate surface area is 129 Å². The fourth-order valence-electron chi connectivity index (χ4n) is 2.03. The van der Waals surface area contributed by atoms with E-state index in [4.69, 9.17) is 5.73 Å². The summed E-state index contributed by atoms with van der Waals surface area (Å²) in [7, 11) is 0. The predicted octanol–water partition coefficient (Wildman–Crippen LogP) is 1.45. The van der Waals surface area contributed by atoms with Crippen molar-refractivity contribution in [3.8, 4) is 0 Å². The van der Waals surface area contributed by atoms with Gasteiger partial charge >= 0.3 is 0 Å². The summed E-state index contributed by atoms with van der Waals surface area (Å²) in [5, 5.41) is 5.39. The smallest absolute Gasteiger partial charge is 0.287 e. The van der Waals surface area contributed by atoms with Gasteiger partial charge < -0.3 is 16.0 Å². The van der Waals surface area contributed by atoms with E-state index in [-0.39, 0.29) is 17.4 Å². The first-order valence-electron chi connectivity index (χ1n) is 6.55. The van der Waals surface area contributed by atoms with Gasteiger partial charge in [-0.15, -0.1) is 11.3 Å². The van der Waals surface area contributed by atoms with Crippen LogP contribution in [0.15, 0.2) is 34.4 Å². The molecule has 0 radical (unpaired) electrons. The SMILES string of the molecule is CC(NC(=O)c1nc2ccccc2c(=O)[nH]1)c1csc(N)n1. The summed E-state index contributed by atoms with van der Waals surface area (Å²) in [6.07, 6.45) is 0. The first-order chi connectivity index (χ1) is 10.5. The number of benzene rings is 1. The fraction of sp³-hybridized carbons (Fsp3) is 0.143. The summed E-state index contributed by atoms with van der Waals surface area (Å²) >= 11 is 1.30.